The lowest BCUT2D eigenvalue weighted by atomic mass is 10.1. The zero-order valence-electron chi connectivity index (χ0n) is 13.8. The summed E-state index contributed by atoms with van der Waals surface area (Å²) in [5.41, 5.74) is 4.89. The first-order chi connectivity index (χ1) is 12.3. The Morgan fingerprint density at radius 3 is 2.52 bits per heavy atom. The summed E-state index contributed by atoms with van der Waals surface area (Å²) in [5, 5.41) is 0. The fourth-order valence-electron chi connectivity index (χ4n) is 3.08. The van der Waals surface area contributed by atoms with E-state index in [4.69, 9.17) is 6.57 Å². The van der Waals surface area contributed by atoms with Crippen LogP contribution in [-0.4, -0.2) is 14.1 Å². The van der Waals surface area contributed by atoms with Gasteiger partial charge in [0.05, 0.1) is 18.0 Å². The Labute approximate surface area is 146 Å². The van der Waals surface area contributed by atoms with Crippen LogP contribution in [0.2, 0.25) is 0 Å². The maximum Gasteiger partial charge on any atom is 0.187 e. The third-order valence-corrected chi connectivity index (χ3v) is 4.23. The van der Waals surface area contributed by atoms with Crippen molar-refractivity contribution in [3.63, 3.8) is 0 Å². The second kappa shape index (κ2) is 6.14. The molecule has 0 aliphatic carbocycles. The molecule has 0 saturated carbocycles. The number of aromatic nitrogens is 3. The van der Waals surface area contributed by atoms with Crippen LogP contribution in [0.25, 0.3) is 33.2 Å². The van der Waals surface area contributed by atoms with Crippen LogP contribution in [0.4, 0.5) is 5.69 Å². The molecule has 0 spiro atoms. The highest BCUT2D eigenvalue weighted by Gasteiger charge is 2.15. The average molecular weight is 324 g/mol. The standard InChI is InChI=1S/C21H16N4/c1-22-18-10-6-9-17(15-18)21-23-12-14-25(21)19-11-13-24(2)20(19)16-7-4-3-5-8-16/h3-15H,2H3. The molecule has 2 heterocycles. The van der Waals surface area contributed by atoms with Crippen molar-refractivity contribution >= 4 is 5.69 Å². The Kier molecular flexibility index (Phi) is 3.68. The first kappa shape index (κ1) is 15.0. The molecule has 120 valence electrons. The smallest absolute Gasteiger partial charge is 0.187 e. The number of imidazole rings is 1. The fourth-order valence-corrected chi connectivity index (χ4v) is 3.08. The number of hydrogen-bond donors (Lipinski definition) is 0. The Morgan fingerprint density at radius 1 is 0.920 bits per heavy atom. The van der Waals surface area contributed by atoms with E-state index >= 15 is 0 Å². The molecule has 2 aromatic heterocycles. The number of benzene rings is 2. The maximum atomic E-state index is 7.23. The second-order valence-electron chi connectivity index (χ2n) is 5.81. The van der Waals surface area contributed by atoms with Crippen LogP contribution >= 0.6 is 0 Å². The third-order valence-electron chi connectivity index (χ3n) is 4.23. The highest BCUT2D eigenvalue weighted by atomic mass is 15.1. The first-order valence-electron chi connectivity index (χ1n) is 8.00. The molecule has 0 unspecified atom stereocenters. The van der Waals surface area contributed by atoms with Crippen molar-refractivity contribution in [2.75, 3.05) is 0 Å². The molecule has 0 aliphatic rings. The minimum Gasteiger partial charge on any atom is -0.349 e. The van der Waals surface area contributed by atoms with Crippen molar-refractivity contribution in [2.45, 2.75) is 0 Å². The number of aryl methyl sites for hydroxylation is 1. The van der Waals surface area contributed by atoms with Crippen LogP contribution in [0.3, 0.4) is 0 Å². The van der Waals surface area contributed by atoms with Gasteiger partial charge in [0.2, 0.25) is 0 Å². The Morgan fingerprint density at radius 2 is 1.72 bits per heavy atom. The molecule has 0 atom stereocenters. The lowest BCUT2D eigenvalue weighted by Crippen LogP contribution is -1.99. The predicted octanol–water partition coefficient (Wildman–Crippen LogP) is 5.10. The van der Waals surface area contributed by atoms with Crippen molar-refractivity contribution in [1.82, 2.24) is 14.1 Å². The van der Waals surface area contributed by atoms with E-state index in [-0.39, 0.29) is 0 Å². The molecule has 0 fully saturated rings. The van der Waals surface area contributed by atoms with Crippen molar-refractivity contribution in [3.8, 4) is 28.3 Å². The predicted molar refractivity (Wildman–Crippen MR) is 99.7 cm³/mol. The average Bonchev–Trinajstić information content (AvgIpc) is 3.29. The monoisotopic (exact) mass is 324 g/mol. The lowest BCUT2D eigenvalue weighted by Gasteiger charge is -2.12. The second-order valence-corrected chi connectivity index (χ2v) is 5.81. The van der Waals surface area contributed by atoms with Gasteiger partial charge in [-0.2, -0.15) is 0 Å². The van der Waals surface area contributed by atoms with E-state index < -0.39 is 0 Å². The van der Waals surface area contributed by atoms with Crippen molar-refractivity contribution in [1.29, 1.82) is 0 Å². The maximum absolute atomic E-state index is 7.23. The van der Waals surface area contributed by atoms with Gasteiger partial charge in [-0.3, -0.25) is 4.57 Å². The molecule has 0 aliphatic heterocycles. The molecule has 4 nitrogen and oxygen atoms in total. The van der Waals surface area contributed by atoms with Gasteiger partial charge in [0.15, 0.2) is 5.69 Å². The van der Waals surface area contributed by atoms with E-state index in [1.165, 1.54) is 0 Å². The van der Waals surface area contributed by atoms with Crippen LogP contribution in [0.1, 0.15) is 0 Å². The summed E-state index contributed by atoms with van der Waals surface area (Å²) in [6, 6.07) is 20.0. The molecule has 4 aromatic rings. The van der Waals surface area contributed by atoms with Gasteiger partial charge >= 0.3 is 0 Å². The van der Waals surface area contributed by atoms with Gasteiger partial charge in [-0.15, -0.1) is 0 Å². The van der Waals surface area contributed by atoms with Gasteiger partial charge in [0.1, 0.15) is 5.82 Å². The van der Waals surface area contributed by atoms with Gasteiger partial charge in [0.25, 0.3) is 0 Å². The molecule has 25 heavy (non-hydrogen) atoms. The summed E-state index contributed by atoms with van der Waals surface area (Å²) in [6.07, 6.45) is 5.81. The molecule has 0 bridgehead atoms. The number of hydrogen-bond acceptors (Lipinski definition) is 1. The normalized spacial score (nSPS) is 10.6. The first-order valence-corrected chi connectivity index (χ1v) is 8.00. The molecule has 2 aromatic carbocycles. The summed E-state index contributed by atoms with van der Waals surface area (Å²) in [6.45, 7) is 7.23. The topological polar surface area (TPSA) is 27.1 Å². The Balaban J connectivity index is 1.89. The van der Waals surface area contributed by atoms with E-state index in [0.29, 0.717) is 5.69 Å². The van der Waals surface area contributed by atoms with Gasteiger partial charge in [-0.05, 0) is 12.1 Å². The molecular formula is C21H16N4. The molecule has 0 amide bonds. The highest BCUT2D eigenvalue weighted by Crippen LogP contribution is 2.31. The largest absolute Gasteiger partial charge is 0.349 e. The van der Waals surface area contributed by atoms with Crippen LogP contribution in [0.5, 0.6) is 0 Å². The van der Waals surface area contributed by atoms with Crippen molar-refractivity contribution < 1.29 is 0 Å². The summed E-state index contributed by atoms with van der Waals surface area (Å²) < 4.78 is 4.19. The van der Waals surface area contributed by atoms with E-state index in [2.05, 4.69) is 43.4 Å². The Hall–Kier alpha value is -3.58. The van der Waals surface area contributed by atoms with Crippen LogP contribution < -0.4 is 0 Å². The molecule has 4 heteroatoms. The number of rotatable bonds is 3. The van der Waals surface area contributed by atoms with Crippen LogP contribution in [0, 0.1) is 6.57 Å². The summed E-state index contributed by atoms with van der Waals surface area (Å²) >= 11 is 0. The van der Waals surface area contributed by atoms with Gasteiger partial charge < -0.3 is 4.57 Å². The zero-order chi connectivity index (χ0) is 17.2. The third kappa shape index (κ3) is 2.62. The summed E-state index contributed by atoms with van der Waals surface area (Å²) in [7, 11) is 2.04. The van der Waals surface area contributed by atoms with Crippen LogP contribution in [0.15, 0.2) is 79.3 Å². The quantitative estimate of drug-likeness (QED) is 0.482. The zero-order valence-corrected chi connectivity index (χ0v) is 13.8. The lowest BCUT2D eigenvalue weighted by molar-refractivity contribution is 0.929. The molecule has 0 radical (unpaired) electrons. The number of nitrogens with zero attached hydrogens (tertiary/aromatic N) is 4. The highest BCUT2D eigenvalue weighted by molar-refractivity contribution is 5.73. The van der Waals surface area contributed by atoms with Crippen molar-refractivity contribution in [3.05, 3.63) is 90.7 Å². The van der Waals surface area contributed by atoms with Crippen molar-refractivity contribution in [2.24, 2.45) is 7.05 Å². The van der Waals surface area contributed by atoms with E-state index in [1.807, 2.05) is 55.7 Å². The molecule has 4 rings (SSSR count). The fraction of sp³-hybridized carbons (Fsp3) is 0.0476. The molecule has 0 saturated heterocycles. The summed E-state index contributed by atoms with van der Waals surface area (Å²) in [5.74, 6) is 0.828. The van der Waals surface area contributed by atoms with E-state index in [0.717, 1.165) is 28.3 Å². The minimum atomic E-state index is 0.614. The van der Waals surface area contributed by atoms with Gasteiger partial charge in [-0.1, -0.05) is 48.5 Å². The van der Waals surface area contributed by atoms with Crippen LogP contribution in [-0.2, 0) is 7.05 Å². The van der Waals surface area contributed by atoms with Gasteiger partial charge in [-0.25, -0.2) is 9.83 Å². The summed E-state index contributed by atoms with van der Waals surface area (Å²) in [4.78, 5) is 8.05. The van der Waals surface area contributed by atoms with Gasteiger partial charge in [0, 0.05) is 36.8 Å². The van der Waals surface area contributed by atoms with E-state index in [9.17, 15) is 0 Å². The van der Waals surface area contributed by atoms with E-state index in [1.54, 1.807) is 6.20 Å². The Bertz CT molecular complexity index is 1060. The molecule has 0 N–H and O–H groups in total. The minimum absolute atomic E-state index is 0.614. The molecular weight excluding hydrogens is 308 g/mol. The SMILES string of the molecule is [C-]#[N+]c1cccc(-c2nccn2-c2ccn(C)c2-c2ccccc2)c1.